The van der Waals surface area contributed by atoms with Gasteiger partial charge in [0.05, 0.1) is 36.1 Å². The van der Waals surface area contributed by atoms with Gasteiger partial charge in [-0.25, -0.2) is 0 Å². The minimum Gasteiger partial charge on any atom is -0.383 e. The van der Waals surface area contributed by atoms with Gasteiger partial charge in [-0.1, -0.05) is 23.7 Å². The third-order valence-corrected chi connectivity index (χ3v) is 4.39. The van der Waals surface area contributed by atoms with E-state index in [4.69, 9.17) is 16.3 Å². The minimum atomic E-state index is 0.00719. The highest BCUT2D eigenvalue weighted by Gasteiger charge is 2.20. The highest BCUT2D eigenvalue weighted by atomic mass is 35.5. The predicted octanol–water partition coefficient (Wildman–Crippen LogP) is 3.21. The molecule has 0 aliphatic carbocycles. The fourth-order valence-electron chi connectivity index (χ4n) is 2.27. The van der Waals surface area contributed by atoms with Gasteiger partial charge < -0.3 is 10.1 Å². The number of methoxy groups -OCH3 is 1. The zero-order valence-electron chi connectivity index (χ0n) is 12.5. The number of nitrogens with zero attached hydrogens (tertiary/aromatic N) is 2. The number of nitrogens with one attached hydrogen (secondary N) is 1. The van der Waals surface area contributed by atoms with Gasteiger partial charge in [0.2, 0.25) is 0 Å². The van der Waals surface area contributed by atoms with Crippen LogP contribution in [-0.2, 0) is 11.3 Å². The van der Waals surface area contributed by atoms with Crippen LogP contribution in [0, 0.1) is 0 Å². The van der Waals surface area contributed by atoms with Crippen LogP contribution in [-0.4, -0.2) is 36.8 Å². The monoisotopic (exact) mass is 325 g/mol. The summed E-state index contributed by atoms with van der Waals surface area (Å²) < 4.78 is 7.03. The van der Waals surface area contributed by atoms with Crippen LogP contribution in [0.1, 0.15) is 17.3 Å². The number of halogens is 1. The van der Waals surface area contributed by atoms with Crippen molar-refractivity contribution in [1.82, 2.24) is 15.1 Å². The highest BCUT2D eigenvalue weighted by molar-refractivity contribution is 7.98. The van der Waals surface area contributed by atoms with E-state index in [1.54, 1.807) is 25.1 Å². The van der Waals surface area contributed by atoms with E-state index in [1.165, 1.54) is 4.90 Å². The van der Waals surface area contributed by atoms with Crippen LogP contribution in [0.3, 0.4) is 0 Å². The van der Waals surface area contributed by atoms with Gasteiger partial charge in [0.1, 0.15) is 0 Å². The highest BCUT2D eigenvalue weighted by Crippen LogP contribution is 2.29. The Kier molecular flexibility index (Phi) is 6.11. The minimum absolute atomic E-state index is 0.00719. The number of hydrogen-bond donors (Lipinski definition) is 1. The van der Waals surface area contributed by atoms with Crippen molar-refractivity contribution in [3.8, 4) is 0 Å². The van der Waals surface area contributed by atoms with Crippen molar-refractivity contribution in [3.63, 3.8) is 0 Å². The van der Waals surface area contributed by atoms with Crippen molar-refractivity contribution >= 4 is 23.4 Å². The molecule has 0 fully saturated rings. The molecule has 0 spiro atoms. The average molecular weight is 326 g/mol. The Morgan fingerprint density at radius 2 is 2.10 bits per heavy atom. The summed E-state index contributed by atoms with van der Waals surface area (Å²) in [5, 5.41) is 8.33. The Hall–Kier alpha value is -1.01. The molecule has 1 aromatic carbocycles. The molecule has 114 valence electrons. The zero-order valence-corrected chi connectivity index (χ0v) is 14.0. The summed E-state index contributed by atoms with van der Waals surface area (Å²) in [4.78, 5) is 1.24. The Bertz CT molecular complexity index is 571. The van der Waals surface area contributed by atoms with Crippen molar-refractivity contribution in [1.29, 1.82) is 0 Å². The van der Waals surface area contributed by atoms with E-state index < -0.39 is 0 Å². The first-order valence-corrected chi connectivity index (χ1v) is 8.33. The number of ether oxygens (including phenoxy) is 1. The molecule has 1 unspecified atom stereocenters. The molecule has 1 N–H and O–H groups in total. The van der Waals surface area contributed by atoms with E-state index in [1.807, 2.05) is 11.7 Å². The largest absolute Gasteiger partial charge is 0.383 e. The van der Waals surface area contributed by atoms with Crippen LogP contribution in [0.2, 0.25) is 5.02 Å². The molecule has 1 heterocycles. The van der Waals surface area contributed by atoms with Crippen LogP contribution in [0.4, 0.5) is 0 Å². The van der Waals surface area contributed by atoms with E-state index in [0.29, 0.717) is 18.2 Å². The molecule has 1 aromatic heterocycles. The zero-order chi connectivity index (χ0) is 15.2. The maximum Gasteiger partial charge on any atom is 0.0837 e. The quantitative estimate of drug-likeness (QED) is 0.793. The van der Waals surface area contributed by atoms with Gasteiger partial charge in [0, 0.05) is 12.0 Å². The van der Waals surface area contributed by atoms with E-state index in [2.05, 4.69) is 40.9 Å². The summed E-state index contributed by atoms with van der Waals surface area (Å²) in [5.41, 5.74) is 2.13. The number of benzene rings is 1. The molecule has 6 heteroatoms. The summed E-state index contributed by atoms with van der Waals surface area (Å²) in [6.45, 7) is 1.28. The fraction of sp³-hybridized carbons (Fsp3) is 0.400. The van der Waals surface area contributed by atoms with Gasteiger partial charge in [0.25, 0.3) is 0 Å². The number of hydrogen-bond acceptors (Lipinski definition) is 4. The maximum atomic E-state index is 6.34. The van der Waals surface area contributed by atoms with Crippen LogP contribution in [0.25, 0.3) is 0 Å². The maximum absolute atomic E-state index is 6.34. The molecule has 1 atom stereocenters. The second-order valence-electron chi connectivity index (χ2n) is 4.59. The lowest BCUT2D eigenvalue weighted by atomic mass is 10.0. The Balaban J connectivity index is 2.33. The lowest BCUT2D eigenvalue weighted by Crippen LogP contribution is -2.23. The number of aromatic nitrogens is 2. The summed E-state index contributed by atoms with van der Waals surface area (Å²) in [7, 11) is 3.61. The molecular weight excluding hydrogens is 306 g/mol. The van der Waals surface area contributed by atoms with Gasteiger partial charge in [-0.05, 0) is 31.0 Å². The van der Waals surface area contributed by atoms with E-state index in [-0.39, 0.29) is 6.04 Å². The third kappa shape index (κ3) is 3.80. The SMILES string of the molecule is CNC(c1ccc(SC)cc1)c1c(Cl)cnn1CCOC. The average Bonchev–Trinajstić information content (AvgIpc) is 2.88. The van der Waals surface area contributed by atoms with Crippen molar-refractivity contribution in [2.75, 3.05) is 27.0 Å². The first-order valence-electron chi connectivity index (χ1n) is 6.72. The molecule has 0 aliphatic heterocycles. The summed E-state index contributed by atoms with van der Waals surface area (Å²) in [6, 6.07) is 8.49. The fourth-order valence-corrected chi connectivity index (χ4v) is 2.93. The first kappa shape index (κ1) is 16.4. The standard InChI is InChI=1S/C15H20ClN3OS/c1-17-14(11-4-6-12(21-3)7-5-11)15-13(16)10-18-19(15)8-9-20-2/h4-7,10,14,17H,8-9H2,1-3H3. The van der Waals surface area contributed by atoms with Crippen molar-refractivity contribution in [2.24, 2.45) is 0 Å². The van der Waals surface area contributed by atoms with Gasteiger partial charge in [-0.15, -0.1) is 11.8 Å². The van der Waals surface area contributed by atoms with Gasteiger partial charge in [-0.2, -0.15) is 5.10 Å². The Morgan fingerprint density at radius 3 is 2.67 bits per heavy atom. The Morgan fingerprint density at radius 1 is 1.38 bits per heavy atom. The summed E-state index contributed by atoms with van der Waals surface area (Å²) >= 11 is 8.07. The molecule has 21 heavy (non-hydrogen) atoms. The van der Waals surface area contributed by atoms with Crippen LogP contribution >= 0.6 is 23.4 Å². The molecule has 0 amide bonds. The molecular formula is C15H20ClN3OS. The second-order valence-corrected chi connectivity index (χ2v) is 5.88. The van der Waals surface area contributed by atoms with Gasteiger partial charge >= 0.3 is 0 Å². The molecule has 0 saturated heterocycles. The van der Waals surface area contributed by atoms with Crippen LogP contribution in [0.5, 0.6) is 0 Å². The lowest BCUT2D eigenvalue weighted by Gasteiger charge is -2.19. The normalized spacial score (nSPS) is 12.6. The molecule has 2 aromatic rings. The van der Waals surface area contributed by atoms with Crippen molar-refractivity contribution in [2.45, 2.75) is 17.5 Å². The van der Waals surface area contributed by atoms with Gasteiger partial charge in [-0.3, -0.25) is 4.68 Å². The number of rotatable bonds is 7. The second kappa shape index (κ2) is 7.84. The molecule has 0 radical (unpaired) electrons. The summed E-state index contributed by atoms with van der Waals surface area (Å²) in [5.74, 6) is 0. The van der Waals surface area contributed by atoms with E-state index in [9.17, 15) is 0 Å². The predicted molar refractivity (Wildman–Crippen MR) is 88.2 cm³/mol. The molecule has 2 rings (SSSR count). The van der Waals surface area contributed by atoms with Crippen molar-refractivity contribution < 1.29 is 4.74 Å². The molecule has 4 nitrogen and oxygen atoms in total. The van der Waals surface area contributed by atoms with E-state index in [0.717, 1.165) is 11.3 Å². The number of thioether (sulfide) groups is 1. The van der Waals surface area contributed by atoms with E-state index >= 15 is 0 Å². The summed E-state index contributed by atoms with van der Waals surface area (Å²) in [6.07, 6.45) is 3.76. The van der Waals surface area contributed by atoms with Crippen LogP contribution in [0.15, 0.2) is 35.4 Å². The molecule has 0 bridgehead atoms. The molecule has 0 saturated carbocycles. The van der Waals surface area contributed by atoms with Crippen molar-refractivity contribution in [3.05, 3.63) is 46.7 Å². The first-order chi connectivity index (χ1) is 10.2. The third-order valence-electron chi connectivity index (χ3n) is 3.35. The topological polar surface area (TPSA) is 39.1 Å². The Labute approximate surface area is 134 Å². The smallest absolute Gasteiger partial charge is 0.0837 e. The molecule has 0 aliphatic rings. The van der Waals surface area contributed by atoms with Crippen LogP contribution < -0.4 is 5.32 Å². The lowest BCUT2D eigenvalue weighted by molar-refractivity contribution is 0.182. The van der Waals surface area contributed by atoms with Gasteiger partial charge in [0.15, 0.2) is 0 Å².